The lowest BCUT2D eigenvalue weighted by Gasteiger charge is -2.09. The fourth-order valence-corrected chi connectivity index (χ4v) is 1.83. The van der Waals surface area contributed by atoms with Gasteiger partial charge in [-0.25, -0.2) is 0 Å². The molecule has 0 atom stereocenters. The molecule has 1 aromatic heterocycles. The molecule has 0 saturated heterocycles. The first-order valence-electron chi connectivity index (χ1n) is 5.53. The van der Waals surface area contributed by atoms with Crippen molar-refractivity contribution >= 4 is 0 Å². The Bertz CT molecular complexity index is 523. The number of pyridine rings is 1. The normalized spacial score (nSPS) is 10.3. The van der Waals surface area contributed by atoms with Crippen LogP contribution in [0.25, 0.3) is 11.1 Å². The first-order chi connectivity index (χ1) is 8.24. The molecule has 0 amide bonds. The lowest BCUT2D eigenvalue weighted by molar-refractivity contribution is 0.414. The lowest BCUT2D eigenvalue weighted by Crippen LogP contribution is -1.97. The Morgan fingerprint density at radius 2 is 2.06 bits per heavy atom. The van der Waals surface area contributed by atoms with Gasteiger partial charge in [-0.15, -0.1) is 0 Å². The number of rotatable bonds is 3. The number of nitrogens with two attached hydrogens (primary N) is 1. The number of aromatic nitrogens is 1. The molecule has 0 aliphatic heterocycles. The summed E-state index contributed by atoms with van der Waals surface area (Å²) in [5.74, 6) is 0.870. The summed E-state index contributed by atoms with van der Waals surface area (Å²) in [5, 5.41) is 0. The van der Waals surface area contributed by atoms with Gasteiger partial charge in [0, 0.05) is 24.5 Å². The SMILES string of the molecule is COc1ccc(-c2cncc(CN)c2)c(C)c1. The van der Waals surface area contributed by atoms with Crippen molar-refractivity contribution in [1.29, 1.82) is 0 Å². The highest BCUT2D eigenvalue weighted by molar-refractivity contribution is 5.67. The van der Waals surface area contributed by atoms with Crippen LogP contribution in [-0.4, -0.2) is 12.1 Å². The van der Waals surface area contributed by atoms with Crippen LogP contribution in [0.1, 0.15) is 11.1 Å². The fourth-order valence-electron chi connectivity index (χ4n) is 1.83. The third-order valence-corrected chi connectivity index (χ3v) is 2.78. The molecule has 0 spiro atoms. The van der Waals surface area contributed by atoms with E-state index in [-0.39, 0.29) is 0 Å². The second kappa shape index (κ2) is 4.97. The molecule has 3 nitrogen and oxygen atoms in total. The quantitative estimate of drug-likeness (QED) is 0.878. The molecule has 2 aromatic rings. The van der Waals surface area contributed by atoms with Gasteiger partial charge in [-0.1, -0.05) is 6.07 Å². The van der Waals surface area contributed by atoms with Crippen LogP contribution in [-0.2, 0) is 6.54 Å². The predicted octanol–water partition coefficient (Wildman–Crippen LogP) is 2.52. The molecule has 3 heteroatoms. The van der Waals surface area contributed by atoms with Gasteiger partial charge in [-0.05, 0) is 41.8 Å². The van der Waals surface area contributed by atoms with Gasteiger partial charge in [-0.2, -0.15) is 0 Å². The lowest BCUT2D eigenvalue weighted by atomic mass is 10.0. The van der Waals surface area contributed by atoms with Crippen molar-refractivity contribution in [2.24, 2.45) is 5.73 Å². The number of hydrogen-bond acceptors (Lipinski definition) is 3. The number of ether oxygens (including phenoxy) is 1. The molecule has 0 bridgehead atoms. The van der Waals surface area contributed by atoms with E-state index in [1.165, 1.54) is 5.56 Å². The van der Waals surface area contributed by atoms with Crippen LogP contribution in [0.15, 0.2) is 36.7 Å². The van der Waals surface area contributed by atoms with Crippen molar-refractivity contribution < 1.29 is 4.74 Å². The molecule has 0 saturated carbocycles. The molecule has 2 N–H and O–H groups in total. The fraction of sp³-hybridized carbons (Fsp3) is 0.214. The molecule has 2 rings (SSSR count). The average Bonchev–Trinajstić information content (AvgIpc) is 2.38. The highest BCUT2D eigenvalue weighted by Gasteiger charge is 2.04. The van der Waals surface area contributed by atoms with E-state index in [4.69, 9.17) is 10.5 Å². The second-order valence-corrected chi connectivity index (χ2v) is 3.97. The van der Waals surface area contributed by atoms with Crippen LogP contribution in [0.4, 0.5) is 0 Å². The monoisotopic (exact) mass is 228 g/mol. The van der Waals surface area contributed by atoms with Crippen LogP contribution in [0, 0.1) is 6.92 Å². The number of aryl methyl sites for hydroxylation is 1. The van der Waals surface area contributed by atoms with Gasteiger partial charge in [-0.3, -0.25) is 4.98 Å². The Kier molecular flexibility index (Phi) is 3.40. The Balaban J connectivity index is 2.45. The zero-order valence-electron chi connectivity index (χ0n) is 10.1. The van der Waals surface area contributed by atoms with E-state index in [9.17, 15) is 0 Å². The number of methoxy groups -OCH3 is 1. The largest absolute Gasteiger partial charge is 0.497 e. The zero-order valence-corrected chi connectivity index (χ0v) is 10.1. The van der Waals surface area contributed by atoms with Gasteiger partial charge < -0.3 is 10.5 Å². The minimum atomic E-state index is 0.510. The topological polar surface area (TPSA) is 48.1 Å². The van der Waals surface area contributed by atoms with Crippen molar-refractivity contribution in [2.45, 2.75) is 13.5 Å². The summed E-state index contributed by atoms with van der Waals surface area (Å²) >= 11 is 0. The average molecular weight is 228 g/mol. The maximum atomic E-state index is 5.62. The highest BCUT2D eigenvalue weighted by Crippen LogP contribution is 2.26. The van der Waals surface area contributed by atoms with E-state index < -0.39 is 0 Å². The van der Waals surface area contributed by atoms with Gasteiger partial charge in [0.15, 0.2) is 0 Å². The summed E-state index contributed by atoms with van der Waals surface area (Å²) in [6.07, 6.45) is 3.65. The van der Waals surface area contributed by atoms with Gasteiger partial charge >= 0.3 is 0 Å². The first-order valence-corrected chi connectivity index (χ1v) is 5.53. The van der Waals surface area contributed by atoms with Gasteiger partial charge in [0.2, 0.25) is 0 Å². The molecular formula is C14H16N2O. The molecule has 0 aliphatic rings. The summed E-state index contributed by atoms with van der Waals surface area (Å²) in [4.78, 5) is 4.20. The van der Waals surface area contributed by atoms with E-state index in [0.29, 0.717) is 6.54 Å². The maximum Gasteiger partial charge on any atom is 0.119 e. The van der Waals surface area contributed by atoms with E-state index in [2.05, 4.69) is 18.0 Å². The molecule has 1 heterocycles. The summed E-state index contributed by atoms with van der Waals surface area (Å²) < 4.78 is 5.20. The van der Waals surface area contributed by atoms with E-state index in [1.54, 1.807) is 13.3 Å². The smallest absolute Gasteiger partial charge is 0.119 e. The molecule has 88 valence electrons. The predicted molar refractivity (Wildman–Crippen MR) is 68.9 cm³/mol. The Labute approximate surface area is 101 Å². The van der Waals surface area contributed by atoms with Crippen LogP contribution in [0.2, 0.25) is 0 Å². The number of benzene rings is 1. The molecule has 0 radical (unpaired) electrons. The van der Waals surface area contributed by atoms with Gasteiger partial charge in [0.05, 0.1) is 7.11 Å². The second-order valence-electron chi connectivity index (χ2n) is 3.97. The minimum absolute atomic E-state index is 0.510. The Morgan fingerprint density at radius 1 is 1.24 bits per heavy atom. The molecule has 17 heavy (non-hydrogen) atoms. The van der Waals surface area contributed by atoms with Crippen LogP contribution in [0.3, 0.4) is 0 Å². The third-order valence-electron chi connectivity index (χ3n) is 2.78. The zero-order chi connectivity index (χ0) is 12.3. The first kappa shape index (κ1) is 11.6. The maximum absolute atomic E-state index is 5.62. The van der Waals surface area contributed by atoms with Crippen molar-refractivity contribution in [3.63, 3.8) is 0 Å². The molecule has 0 unspecified atom stereocenters. The van der Waals surface area contributed by atoms with Crippen molar-refractivity contribution in [3.05, 3.63) is 47.8 Å². The van der Waals surface area contributed by atoms with Crippen LogP contribution >= 0.6 is 0 Å². The molecular weight excluding hydrogens is 212 g/mol. The molecule has 1 aromatic carbocycles. The Hall–Kier alpha value is -1.87. The van der Waals surface area contributed by atoms with E-state index in [0.717, 1.165) is 22.4 Å². The van der Waals surface area contributed by atoms with E-state index in [1.807, 2.05) is 24.4 Å². The summed E-state index contributed by atoms with van der Waals surface area (Å²) in [6.45, 7) is 2.57. The Morgan fingerprint density at radius 3 is 2.71 bits per heavy atom. The van der Waals surface area contributed by atoms with Crippen molar-refractivity contribution in [1.82, 2.24) is 4.98 Å². The van der Waals surface area contributed by atoms with Crippen LogP contribution < -0.4 is 10.5 Å². The van der Waals surface area contributed by atoms with Crippen LogP contribution in [0.5, 0.6) is 5.75 Å². The summed E-state index contributed by atoms with van der Waals surface area (Å²) in [6, 6.07) is 8.09. The number of nitrogens with zero attached hydrogens (tertiary/aromatic N) is 1. The summed E-state index contributed by atoms with van der Waals surface area (Å²) in [5.41, 5.74) is 10.1. The number of hydrogen-bond donors (Lipinski definition) is 1. The summed E-state index contributed by atoms with van der Waals surface area (Å²) in [7, 11) is 1.67. The van der Waals surface area contributed by atoms with Gasteiger partial charge in [0.25, 0.3) is 0 Å². The standard InChI is InChI=1S/C14H16N2O/c1-10-5-13(17-2)3-4-14(10)12-6-11(7-15)8-16-9-12/h3-6,8-9H,7,15H2,1-2H3. The molecule has 0 aliphatic carbocycles. The minimum Gasteiger partial charge on any atom is -0.497 e. The van der Waals surface area contributed by atoms with Crippen molar-refractivity contribution in [2.75, 3.05) is 7.11 Å². The van der Waals surface area contributed by atoms with E-state index >= 15 is 0 Å². The van der Waals surface area contributed by atoms with Crippen molar-refractivity contribution in [3.8, 4) is 16.9 Å². The van der Waals surface area contributed by atoms with Gasteiger partial charge in [0.1, 0.15) is 5.75 Å². The third kappa shape index (κ3) is 2.45. The molecule has 0 fully saturated rings. The highest BCUT2D eigenvalue weighted by atomic mass is 16.5.